The summed E-state index contributed by atoms with van der Waals surface area (Å²) in [6, 6.07) is 0. The minimum Gasteiger partial charge on any atom is -0.444 e. The molecule has 18 heavy (non-hydrogen) atoms. The van der Waals surface area contributed by atoms with Crippen LogP contribution in [-0.2, 0) is 4.74 Å². The second-order valence-electron chi connectivity index (χ2n) is 5.13. The molecule has 6 nitrogen and oxygen atoms in total. The zero-order valence-corrected chi connectivity index (χ0v) is 12.3. The minimum atomic E-state index is -0.447. The summed E-state index contributed by atoms with van der Waals surface area (Å²) in [4.78, 5) is 15.6. The van der Waals surface area contributed by atoms with Gasteiger partial charge in [0, 0.05) is 33.2 Å². The number of ether oxygens (including phenoxy) is 1. The molecule has 0 unspecified atom stereocenters. The van der Waals surface area contributed by atoms with Crippen LogP contribution in [0.1, 0.15) is 20.8 Å². The van der Waals surface area contributed by atoms with Crippen molar-refractivity contribution in [3.8, 4) is 0 Å². The lowest BCUT2D eigenvalue weighted by Gasteiger charge is -2.36. The third kappa shape index (κ3) is 4.66. The first kappa shape index (κ1) is 15.0. The van der Waals surface area contributed by atoms with Crippen molar-refractivity contribution in [3.63, 3.8) is 0 Å². The molecule has 1 aliphatic rings. The number of hydrogen-bond donors (Lipinski definition) is 2. The van der Waals surface area contributed by atoms with Gasteiger partial charge in [0.15, 0.2) is 5.11 Å². The molecule has 1 fully saturated rings. The molecular weight excluding hydrogens is 252 g/mol. The van der Waals surface area contributed by atoms with E-state index in [1.165, 1.54) is 0 Å². The van der Waals surface area contributed by atoms with Crippen molar-refractivity contribution >= 4 is 23.4 Å². The van der Waals surface area contributed by atoms with E-state index in [9.17, 15) is 4.79 Å². The summed E-state index contributed by atoms with van der Waals surface area (Å²) >= 11 is 5.18. The molecular formula is C11H22N4O2S. The highest BCUT2D eigenvalue weighted by molar-refractivity contribution is 7.80. The van der Waals surface area contributed by atoms with E-state index in [0.29, 0.717) is 31.3 Å². The molecule has 1 rings (SSSR count). The van der Waals surface area contributed by atoms with E-state index < -0.39 is 5.60 Å². The van der Waals surface area contributed by atoms with Crippen molar-refractivity contribution in [2.45, 2.75) is 26.4 Å². The zero-order chi connectivity index (χ0) is 13.8. The van der Waals surface area contributed by atoms with Gasteiger partial charge in [0.1, 0.15) is 5.60 Å². The molecule has 0 aliphatic carbocycles. The number of nitrogens with one attached hydrogen (secondary N) is 2. The SMILES string of the molecule is CNNC(=S)N1CCN(C(=O)OC(C)(C)C)CC1. The molecule has 104 valence electrons. The van der Waals surface area contributed by atoms with Gasteiger partial charge in [-0.25, -0.2) is 10.2 Å². The third-order valence-electron chi connectivity index (χ3n) is 2.45. The number of amides is 1. The molecule has 0 radical (unpaired) electrons. The lowest BCUT2D eigenvalue weighted by atomic mass is 10.2. The van der Waals surface area contributed by atoms with E-state index in [-0.39, 0.29) is 6.09 Å². The molecule has 1 amide bonds. The molecule has 0 aromatic rings. The van der Waals surface area contributed by atoms with E-state index >= 15 is 0 Å². The van der Waals surface area contributed by atoms with Crippen LogP contribution in [0.4, 0.5) is 4.79 Å². The van der Waals surface area contributed by atoms with E-state index in [4.69, 9.17) is 17.0 Å². The molecule has 0 saturated carbocycles. The number of hydrazine groups is 1. The fraction of sp³-hybridized carbons (Fsp3) is 0.818. The summed E-state index contributed by atoms with van der Waals surface area (Å²) in [5.74, 6) is 0. The molecule has 0 aromatic heterocycles. The number of carbonyl (C=O) groups excluding carboxylic acids is 1. The molecule has 0 spiro atoms. The zero-order valence-electron chi connectivity index (χ0n) is 11.4. The quantitative estimate of drug-likeness (QED) is 0.538. The number of piperazine rings is 1. The standard InChI is InChI=1S/C11H22N4O2S/c1-11(2,3)17-10(16)15-7-5-14(6-8-15)9(18)13-12-4/h12H,5-8H2,1-4H3,(H,13,18). The van der Waals surface area contributed by atoms with Crippen molar-refractivity contribution < 1.29 is 9.53 Å². The Balaban J connectivity index is 2.39. The molecule has 7 heteroatoms. The summed E-state index contributed by atoms with van der Waals surface area (Å²) in [6.07, 6.45) is -0.255. The number of rotatable bonds is 1. The Morgan fingerprint density at radius 3 is 2.11 bits per heavy atom. The van der Waals surface area contributed by atoms with Gasteiger partial charge in [-0.1, -0.05) is 0 Å². The molecule has 0 bridgehead atoms. The number of carbonyl (C=O) groups is 1. The van der Waals surface area contributed by atoms with Crippen LogP contribution in [0.15, 0.2) is 0 Å². The summed E-state index contributed by atoms with van der Waals surface area (Å²) in [6.45, 7) is 8.29. The van der Waals surface area contributed by atoms with Gasteiger partial charge in [0.05, 0.1) is 0 Å². The number of hydrogen-bond acceptors (Lipinski definition) is 4. The number of thiocarbonyl (C=S) groups is 1. The van der Waals surface area contributed by atoms with Crippen LogP contribution < -0.4 is 10.9 Å². The molecule has 1 aliphatic heterocycles. The summed E-state index contributed by atoms with van der Waals surface area (Å²) in [7, 11) is 1.77. The Hall–Kier alpha value is -1.08. The van der Waals surface area contributed by atoms with E-state index in [1.807, 2.05) is 25.7 Å². The van der Waals surface area contributed by atoms with E-state index in [1.54, 1.807) is 11.9 Å². The van der Waals surface area contributed by atoms with Crippen LogP contribution in [0.25, 0.3) is 0 Å². The first-order valence-corrected chi connectivity index (χ1v) is 6.44. The molecule has 1 saturated heterocycles. The predicted octanol–water partition coefficient (Wildman–Crippen LogP) is 0.548. The highest BCUT2D eigenvalue weighted by Gasteiger charge is 2.26. The van der Waals surface area contributed by atoms with Gasteiger partial charge in [-0.15, -0.1) is 0 Å². The maximum Gasteiger partial charge on any atom is 0.410 e. The fourth-order valence-electron chi connectivity index (χ4n) is 1.60. The van der Waals surface area contributed by atoms with E-state index in [2.05, 4.69) is 10.9 Å². The second kappa shape index (κ2) is 6.19. The topological polar surface area (TPSA) is 56.8 Å². The first-order chi connectivity index (χ1) is 8.33. The average Bonchev–Trinajstić information content (AvgIpc) is 2.27. The van der Waals surface area contributed by atoms with Crippen LogP contribution in [0.5, 0.6) is 0 Å². The van der Waals surface area contributed by atoms with Crippen LogP contribution >= 0.6 is 12.2 Å². The van der Waals surface area contributed by atoms with Gasteiger partial charge in [-0.3, -0.25) is 5.43 Å². The average molecular weight is 274 g/mol. The predicted molar refractivity (Wildman–Crippen MR) is 74.2 cm³/mol. The molecule has 2 N–H and O–H groups in total. The van der Waals surface area contributed by atoms with Crippen LogP contribution in [0.2, 0.25) is 0 Å². The van der Waals surface area contributed by atoms with Gasteiger partial charge in [-0.05, 0) is 33.0 Å². The second-order valence-corrected chi connectivity index (χ2v) is 5.52. The Labute approximate surface area is 114 Å². The molecule has 1 heterocycles. The Bertz CT molecular complexity index is 309. The van der Waals surface area contributed by atoms with Gasteiger partial charge >= 0.3 is 6.09 Å². The van der Waals surface area contributed by atoms with E-state index in [0.717, 1.165) is 0 Å². The minimum absolute atomic E-state index is 0.255. The summed E-state index contributed by atoms with van der Waals surface area (Å²) < 4.78 is 5.33. The first-order valence-electron chi connectivity index (χ1n) is 6.03. The normalized spacial score (nSPS) is 16.4. The molecule has 0 atom stereocenters. The van der Waals surface area contributed by atoms with Crippen molar-refractivity contribution in [1.29, 1.82) is 0 Å². The summed E-state index contributed by atoms with van der Waals surface area (Å²) in [5, 5.41) is 0.654. The molecule has 0 aromatic carbocycles. The monoisotopic (exact) mass is 274 g/mol. The number of nitrogens with zero attached hydrogens (tertiary/aromatic N) is 2. The largest absolute Gasteiger partial charge is 0.444 e. The maximum absolute atomic E-state index is 11.8. The highest BCUT2D eigenvalue weighted by Crippen LogP contribution is 2.11. The van der Waals surface area contributed by atoms with Gasteiger partial charge in [0.2, 0.25) is 0 Å². The lowest BCUT2D eigenvalue weighted by Crippen LogP contribution is -2.55. The maximum atomic E-state index is 11.8. The van der Waals surface area contributed by atoms with Gasteiger partial charge in [0.25, 0.3) is 0 Å². The Morgan fingerprint density at radius 1 is 1.17 bits per heavy atom. The Kier molecular flexibility index (Phi) is 5.15. The summed E-state index contributed by atoms with van der Waals surface area (Å²) in [5.41, 5.74) is 5.21. The van der Waals surface area contributed by atoms with Crippen LogP contribution in [0.3, 0.4) is 0 Å². The fourth-order valence-corrected chi connectivity index (χ4v) is 1.89. The highest BCUT2D eigenvalue weighted by atomic mass is 32.1. The lowest BCUT2D eigenvalue weighted by molar-refractivity contribution is 0.0186. The van der Waals surface area contributed by atoms with Crippen molar-refractivity contribution in [2.24, 2.45) is 0 Å². The van der Waals surface area contributed by atoms with Crippen molar-refractivity contribution in [2.75, 3.05) is 33.2 Å². The van der Waals surface area contributed by atoms with Crippen molar-refractivity contribution in [1.82, 2.24) is 20.7 Å². The Morgan fingerprint density at radius 2 is 1.67 bits per heavy atom. The van der Waals surface area contributed by atoms with Gasteiger partial charge < -0.3 is 14.5 Å². The van der Waals surface area contributed by atoms with Gasteiger partial charge in [-0.2, -0.15) is 0 Å². The third-order valence-corrected chi connectivity index (χ3v) is 2.81. The van der Waals surface area contributed by atoms with Crippen LogP contribution in [-0.4, -0.2) is 59.8 Å². The van der Waals surface area contributed by atoms with Crippen molar-refractivity contribution in [3.05, 3.63) is 0 Å². The van der Waals surface area contributed by atoms with Crippen LogP contribution in [0, 0.1) is 0 Å². The smallest absolute Gasteiger partial charge is 0.410 e.